The first-order chi connectivity index (χ1) is 7.77. The van der Waals surface area contributed by atoms with E-state index >= 15 is 0 Å². The summed E-state index contributed by atoms with van der Waals surface area (Å²) < 4.78 is 5.71. The van der Waals surface area contributed by atoms with Crippen LogP contribution in [0.25, 0.3) is 0 Å². The summed E-state index contributed by atoms with van der Waals surface area (Å²) in [6.45, 7) is 12.4. The average Bonchev–Trinajstić information content (AvgIpc) is 2.20. The second-order valence-corrected chi connectivity index (χ2v) is 5.36. The van der Waals surface area contributed by atoms with E-state index in [1.54, 1.807) is 6.92 Å². The van der Waals surface area contributed by atoms with Crippen LogP contribution in [0, 0.1) is 19.3 Å². The number of aromatic nitrogens is 2. The van der Waals surface area contributed by atoms with E-state index < -0.39 is 0 Å². The molecule has 0 aliphatic carbocycles. The van der Waals surface area contributed by atoms with Gasteiger partial charge in [0.2, 0.25) is 0 Å². The minimum absolute atomic E-state index is 0.0820. The van der Waals surface area contributed by atoms with Crippen molar-refractivity contribution >= 4 is 0 Å². The third kappa shape index (κ3) is 3.16. The van der Waals surface area contributed by atoms with Crippen LogP contribution in [0.4, 0.5) is 0 Å². The van der Waals surface area contributed by atoms with Crippen LogP contribution in [0.15, 0.2) is 4.79 Å². The summed E-state index contributed by atoms with van der Waals surface area (Å²) in [4.78, 5) is 19.0. The standard InChI is InChI=1S/C13H22N2O2/c1-7-17-10(13(4,5)6)11-14-9(3)8(2)12(16)15-11/h10H,7H2,1-6H3,(H,14,15,16). The second-order valence-electron chi connectivity index (χ2n) is 5.36. The molecule has 0 aromatic carbocycles. The van der Waals surface area contributed by atoms with E-state index in [4.69, 9.17) is 4.74 Å². The predicted molar refractivity (Wildman–Crippen MR) is 68.2 cm³/mol. The molecule has 1 heterocycles. The van der Waals surface area contributed by atoms with Crippen molar-refractivity contribution in [2.75, 3.05) is 6.61 Å². The average molecular weight is 238 g/mol. The highest BCUT2D eigenvalue weighted by molar-refractivity contribution is 5.15. The molecule has 1 unspecified atom stereocenters. The SMILES string of the molecule is CCOC(c1nc(C)c(C)c(=O)[nH]1)C(C)(C)C. The maximum absolute atomic E-state index is 11.7. The van der Waals surface area contributed by atoms with E-state index in [1.807, 2.05) is 13.8 Å². The fraction of sp³-hybridized carbons (Fsp3) is 0.692. The molecule has 0 aliphatic heterocycles. The van der Waals surface area contributed by atoms with E-state index in [1.165, 1.54) is 0 Å². The van der Waals surface area contributed by atoms with Crippen LogP contribution < -0.4 is 5.56 Å². The van der Waals surface area contributed by atoms with E-state index in [-0.39, 0.29) is 17.1 Å². The predicted octanol–water partition coefficient (Wildman–Crippen LogP) is 2.51. The van der Waals surface area contributed by atoms with Crippen LogP contribution in [0.2, 0.25) is 0 Å². The van der Waals surface area contributed by atoms with Crippen molar-refractivity contribution in [2.24, 2.45) is 5.41 Å². The van der Waals surface area contributed by atoms with Crippen LogP contribution in [0.5, 0.6) is 0 Å². The summed E-state index contributed by atoms with van der Waals surface area (Å²) in [6.07, 6.45) is -0.195. The van der Waals surface area contributed by atoms with Gasteiger partial charge in [0.15, 0.2) is 0 Å². The monoisotopic (exact) mass is 238 g/mol. The Morgan fingerprint density at radius 3 is 2.35 bits per heavy atom. The number of hydrogen-bond donors (Lipinski definition) is 1. The van der Waals surface area contributed by atoms with Gasteiger partial charge in [0.25, 0.3) is 5.56 Å². The molecule has 1 rings (SSSR count). The van der Waals surface area contributed by atoms with Crippen LogP contribution in [0.1, 0.15) is 50.9 Å². The zero-order valence-corrected chi connectivity index (χ0v) is 11.5. The van der Waals surface area contributed by atoms with E-state index in [9.17, 15) is 4.79 Å². The van der Waals surface area contributed by atoms with Crippen LogP contribution in [-0.4, -0.2) is 16.6 Å². The molecule has 0 bridgehead atoms. The van der Waals surface area contributed by atoms with Crippen molar-refractivity contribution in [2.45, 2.75) is 47.6 Å². The maximum Gasteiger partial charge on any atom is 0.254 e. The van der Waals surface area contributed by atoms with E-state index in [0.29, 0.717) is 18.0 Å². The molecule has 1 aromatic heterocycles. The number of nitrogens with zero attached hydrogens (tertiary/aromatic N) is 1. The number of aryl methyl sites for hydroxylation is 1. The van der Waals surface area contributed by atoms with Gasteiger partial charge in [-0.2, -0.15) is 0 Å². The lowest BCUT2D eigenvalue weighted by Gasteiger charge is -2.29. The molecule has 0 radical (unpaired) electrons. The highest BCUT2D eigenvalue weighted by Gasteiger charge is 2.29. The third-order valence-electron chi connectivity index (χ3n) is 2.78. The fourth-order valence-electron chi connectivity index (χ4n) is 1.70. The molecule has 1 N–H and O–H groups in total. The number of ether oxygens (including phenoxy) is 1. The van der Waals surface area contributed by atoms with Gasteiger partial charge >= 0.3 is 0 Å². The minimum atomic E-state index is -0.195. The smallest absolute Gasteiger partial charge is 0.254 e. The van der Waals surface area contributed by atoms with Gasteiger partial charge in [-0.15, -0.1) is 0 Å². The minimum Gasteiger partial charge on any atom is -0.370 e. The largest absolute Gasteiger partial charge is 0.370 e. The molecular weight excluding hydrogens is 216 g/mol. The van der Waals surface area contributed by atoms with Crippen molar-refractivity contribution < 1.29 is 4.74 Å². The first kappa shape index (κ1) is 13.9. The Kier molecular flexibility index (Phi) is 4.09. The van der Waals surface area contributed by atoms with Crippen molar-refractivity contribution in [3.63, 3.8) is 0 Å². The molecule has 0 aliphatic rings. The zero-order valence-electron chi connectivity index (χ0n) is 11.5. The highest BCUT2D eigenvalue weighted by atomic mass is 16.5. The summed E-state index contributed by atoms with van der Waals surface area (Å²) in [7, 11) is 0. The first-order valence-corrected chi connectivity index (χ1v) is 5.96. The lowest BCUT2D eigenvalue weighted by Crippen LogP contribution is -2.27. The number of H-pyrrole nitrogens is 1. The molecule has 0 saturated heterocycles. The van der Waals surface area contributed by atoms with E-state index in [2.05, 4.69) is 30.7 Å². The molecule has 4 heteroatoms. The van der Waals surface area contributed by atoms with Crippen LogP contribution in [-0.2, 0) is 4.74 Å². The van der Waals surface area contributed by atoms with E-state index in [0.717, 1.165) is 5.69 Å². The number of hydrogen-bond acceptors (Lipinski definition) is 3. The Balaban J connectivity index is 3.25. The summed E-state index contributed by atoms with van der Waals surface area (Å²) in [5.74, 6) is 0.618. The number of aromatic amines is 1. The summed E-state index contributed by atoms with van der Waals surface area (Å²) in [6, 6.07) is 0. The van der Waals surface area contributed by atoms with Gasteiger partial charge < -0.3 is 9.72 Å². The number of nitrogens with one attached hydrogen (secondary N) is 1. The van der Waals surface area contributed by atoms with Gasteiger partial charge in [-0.05, 0) is 26.2 Å². The Morgan fingerprint density at radius 2 is 1.94 bits per heavy atom. The Hall–Kier alpha value is -1.16. The van der Waals surface area contributed by atoms with Gasteiger partial charge in [0.05, 0.1) is 0 Å². The topological polar surface area (TPSA) is 55.0 Å². The van der Waals surface area contributed by atoms with Gasteiger partial charge in [-0.3, -0.25) is 4.79 Å². The summed E-state index contributed by atoms with van der Waals surface area (Å²) >= 11 is 0. The lowest BCUT2D eigenvalue weighted by atomic mass is 9.88. The maximum atomic E-state index is 11.7. The highest BCUT2D eigenvalue weighted by Crippen LogP contribution is 2.33. The first-order valence-electron chi connectivity index (χ1n) is 5.96. The Bertz CT molecular complexity index is 444. The molecular formula is C13H22N2O2. The normalized spacial score (nSPS) is 13.8. The van der Waals surface area contributed by atoms with Gasteiger partial charge in [-0.25, -0.2) is 4.98 Å². The van der Waals surface area contributed by atoms with Gasteiger partial charge in [0, 0.05) is 17.9 Å². The molecule has 17 heavy (non-hydrogen) atoms. The van der Waals surface area contributed by atoms with Gasteiger partial charge in [0.1, 0.15) is 11.9 Å². The molecule has 1 atom stereocenters. The molecule has 1 aromatic rings. The van der Waals surface area contributed by atoms with Crippen molar-refractivity contribution in [1.82, 2.24) is 9.97 Å². The molecule has 0 fully saturated rings. The molecule has 0 amide bonds. The van der Waals surface area contributed by atoms with Crippen LogP contribution in [0.3, 0.4) is 0 Å². The lowest BCUT2D eigenvalue weighted by molar-refractivity contribution is -0.0193. The Labute approximate surface area is 102 Å². The molecule has 0 saturated carbocycles. The van der Waals surface area contributed by atoms with Crippen molar-refractivity contribution in [3.8, 4) is 0 Å². The van der Waals surface area contributed by atoms with Crippen molar-refractivity contribution in [1.29, 1.82) is 0 Å². The summed E-state index contributed by atoms with van der Waals surface area (Å²) in [5, 5.41) is 0. The van der Waals surface area contributed by atoms with Crippen LogP contribution >= 0.6 is 0 Å². The number of rotatable bonds is 3. The third-order valence-corrected chi connectivity index (χ3v) is 2.78. The fourth-order valence-corrected chi connectivity index (χ4v) is 1.70. The second kappa shape index (κ2) is 5.00. The van der Waals surface area contributed by atoms with Crippen molar-refractivity contribution in [3.05, 3.63) is 27.4 Å². The molecule has 4 nitrogen and oxygen atoms in total. The Morgan fingerprint density at radius 1 is 1.35 bits per heavy atom. The zero-order chi connectivity index (χ0) is 13.2. The summed E-state index contributed by atoms with van der Waals surface area (Å²) in [5.41, 5.74) is 1.24. The van der Waals surface area contributed by atoms with Gasteiger partial charge in [-0.1, -0.05) is 20.8 Å². The molecule has 96 valence electrons. The quantitative estimate of drug-likeness (QED) is 0.880. The molecule has 0 spiro atoms.